The number of hydrogen-bond donors (Lipinski definition) is 1. The summed E-state index contributed by atoms with van der Waals surface area (Å²) in [5.74, 6) is 0.911. The largest absolute Gasteiger partial charge is 0.363 e. The van der Waals surface area contributed by atoms with Crippen LogP contribution in [-0.2, 0) is 0 Å². The Hall–Kier alpha value is -1.12. The van der Waals surface area contributed by atoms with Crippen molar-refractivity contribution < 1.29 is 0 Å². The van der Waals surface area contributed by atoms with Gasteiger partial charge in [-0.15, -0.1) is 5.10 Å². The number of anilines is 1. The lowest BCUT2D eigenvalue weighted by Crippen LogP contribution is -2.31. The van der Waals surface area contributed by atoms with Gasteiger partial charge in [0.1, 0.15) is 5.82 Å². The number of aryl methyl sites for hydroxylation is 1. The normalized spacial score (nSPS) is 19.6. The van der Waals surface area contributed by atoms with Gasteiger partial charge in [0.05, 0.1) is 6.20 Å². The Balaban J connectivity index is 2.10. The second kappa shape index (κ2) is 3.56. The molecule has 1 aliphatic carbocycles. The van der Waals surface area contributed by atoms with Gasteiger partial charge in [0.2, 0.25) is 0 Å². The molecule has 2 rings (SSSR count). The fourth-order valence-electron chi connectivity index (χ4n) is 2.11. The molecule has 0 aromatic carbocycles. The van der Waals surface area contributed by atoms with Crippen LogP contribution in [0.15, 0.2) is 12.3 Å². The molecular weight excluding hydrogens is 174 g/mol. The predicted molar refractivity (Wildman–Crippen MR) is 57.3 cm³/mol. The minimum absolute atomic E-state index is 0.239. The van der Waals surface area contributed by atoms with Crippen molar-refractivity contribution in [2.75, 3.05) is 5.32 Å². The third-order valence-corrected chi connectivity index (χ3v) is 2.93. The van der Waals surface area contributed by atoms with Gasteiger partial charge in [-0.2, -0.15) is 5.10 Å². The molecule has 1 N–H and O–H groups in total. The molecule has 1 aromatic rings. The number of nitrogens with one attached hydrogen (secondary N) is 1. The molecule has 0 amide bonds. The van der Waals surface area contributed by atoms with Crippen molar-refractivity contribution in [2.45, 2.75) is 45.1 Å². The quantitative estimate of drug-likeness (QED) is 0.780. The molecule has 0 atom stereocenters. The van der Waals surface area contributed by atoms with Gasteiger partial charge >= 0.3 is 0 Å². The highest BCUT2D eigenvalue weighted by Crippen LogP contribution is 2.31. The molecule has 0 bridgehead atoms. The van der Waals surface area contributed by atoms with Crippen LogP contribution >= 0.6 is 0 Å². The summed E-state index contributed by atoms with van der Waals surface area (Å²) in [5.41, 5.74) is 1.40. The van der Waals surface area contributed by atoms with Gasteiger partial charge in [0.15, 0.2) is 0 Å². The van der Waals surface area contributed by atoms with Crippen molar-refractivity contribution in [3.8, 4) is 0 Å². The van der Waals surface area contributed by atoms with Crippen molar-refractivity contribution in [1.82, 2.24) is 10.2 Å². The van der Waals surface area contributed by atoms with E-state index in [1.807, 2.05) is 6.92 Å². The van der Waals surface area contributed by atoms with Crippen LogP contribution in [0.5, 0.6) is 0 Å². The van der Waals surface area contributed by atoms with E-state index in [9.17, 15) is 0 Å². The zero-order valence-electron chi connectivity index (χ0n) is 8.88. The minimum atomic E-state index is 0.239. The highest BCUT2D eigenvalue weighted by atomic mass is 15.2. The molecule has 1 fully saturated rings. The summed E-state index contributed by atoms with van der Waals surface area (Å²) in [6, 6.07) is 2.05. The van der Waals surface area contributed by atoms with E-state index in [4.69, 9.17) is 0 Å². The first-order chi connectivity index (χ1) is 6.68. The molecule has 0 aliphatic heterocycles. The summed E-state index contributed by atoms with van der Waals surface area (Å²) >= 11 is 0. The second-order valence-electron chi connectivity index (χ2n) is 4.51. The molecule has 3 nitrogen and oxygen atoms in total. The van der Waals surface area contributed by atoms with Gasteiger partial charge in [-0.3, -0.25) is 0 Å². The molecule has 1 heterocycles. The average molecular weight is 191 g/mol. The Morgan fingerprint density at radius 1 is 1.36 bits per heavy atom. The molecule has 1 aromatic heterocycles. The van der Waals surface area contributed by atoms with Crippen LogP contribution in [0.4, 0.5) is 5.82 Å². The summed E-state index contributed by atoms with van der Waals surface area (Å²) in [5, 5.41) is 11.5. The molecular formula is C11H17N3. The van der Waals surface area contributed by atoms with Crippen molar-refractivity contribution in [2.24, 2.45) is 0 Å². The van der Waals surface area contributed by atoms with Crippen molar-refractivity contribution in [3.05, 3.63) is 17.8 Å². The van der Waals surface area contributed by atoms with Gasteiger partial charge in [0, 0.05) is 5.54 Å². The summed E-state index contributed by atoms with van der Waals surface area (Å²) in [6.45, 7) is 4.31. The molecule has 76 valence electrons. The third-order valence-electron chi connectivity index (χ3n) is 2.93. The Morgan fingerprint density at radius 2 is 2.07 bits per heavy atom. The minimum Gasteiger partial charge on any atom is -0.363 e. The van der Waals surface area contributed by atoms with E-state index < -0.39 is 0 Å². The zero-order chi connectivity index (χ0) is 10.0. The Labute approximate surface area is 84.9 Å². The lowest BCUT2D eigenvalue weighted by atomic mass is 10.0. The number of hydrogen-bond acceptors (Lipinski definition) is 3. The number of aromatic nitrogens is 2. The van der Waals surface area contributed by atoms with Crippen molar-refractivity contribution >= 4 is 5.82 Å². The highest BCUT2D eigenvalue weighted by Gasteiger charge is 2.28. The molecule has 3 heteroatoms. The Bertz CT molecular complexity index is 316. The maximum absolute atomic E-state index is 4.09. The van der Waals surface area contributed by atoms with Crippen LogP contribution in [0.25, 0.3) is 0 Å². The summed E-state index contributed by atoms with van der Waals surface area (Å²) in [4.78, 5) is 0. The predicted octanol–water partition coefficient (Wildman–Crippen LogP) is 2.53. The molecule has 0 unspecified atom stereocenters. The van der Waals surface area contributed by atoms with Gasteiger partial charge < -0.3 is 5.32 Å². The van der Waals surface area contributed by atoms with E-state index in [2.05, 4.69) is 28.5 Å². The Morgan fingerprint density at radius 3 is 2.71 bits per heavy atom. The maximum Gasteiger partial charge on any atom is 0.149 e. The van der Waals surface area contributed by atoms with Crippen LogP contribution in [0.2, 0.25) is 0 Å². The van der Waals surface area contributed by atoms with E-state index in [1.54, 1.807) is 6.20 Å². The van der Waals surface area contributed by atoms with E-state index in [-0.39, 0.29) is 5.54 Å². The van der Waals surface area contributed by atoms with Crippen LogP contribution in [0.3, 0.4) is 0 Å². The highest BCUT2D eigenvalue weighted by molar-refractivity contribution is 5.38. The molecule has 0 spiro atoms. The first-order valence-electron chi connectivity index (χ1n) is 5.25. The van der Waals surface area contributed by atoms with E-state index in [0.717, 1.165) is 11.4 Å². The Kier molecular flexibility index (Phi) is 2.40. The number of rotatable bonds is 2. The summed E-state index contributed by atoms with van der Waals surface area (Å²) in [6.07, 6.45) is 6.90. The van der Waals surface area contributed by atoms with Gasteiger partial charge in [-0.1, -0.05) is 12.8 Å². The van der Waals surface area contributed by atoms with E-state index in [0.29, 0.717) is 0 Å². The standard InChI is InChI=1S/C11H17N3/c1-9-7-10(14-12-8-9)13-11(2)5-3-4-6-11/h7-8H,3-6H2,1-2H3,(H,13,14). The van der Waals surface area contributed by atoms with Crippen molar-refractivity contribution in [1.29, 1.82) is 0 Å². The van der Waals surface area contributed by atoms with Crippen LogP contribution in [-0.4, -0.2) is 15.7 Å². The molecule has 1 saturated carbocycles. The van der Waals surface area contributed by atoms with Gasteiger partial charge in [0.25, 0.3) is 0 Å². The van der Waals surface area contributed by atoms with Crippen LogP contribution in [0, 0.1) is 6.92 Å². The van der Waals surface area contributed by atoms with Gasteiger partial charge in [-0.25, -0.2) is 0 Å². The SMILES string of the molecule is Cc1cnnc(NC2(C)CCCC2)c1. The van der Waals surface area contributed by atoms with Gasteiger partial charge in [-0.05, 0) is 38.3 Å². The maximum atomic E-state index is 4.09. The average Bonchev–Trinajstić information content (AvgIpc) is 2.51. The molecule has 0 radical (unpaired) electrons. The van der Waals surface area contributed by atoms with E-state index >= 15 is 0 Å². The van der Waals surface area contributed by atoms with Crippen LogP contribution < -0.4 is 5.32 Å². The summed E-state index contributed by atoms with van der Waals surface area (Å²) < 4.78 is 0. The number of nitrogens with zero attached hydrogens (tertiary/aromatic N) is 2. The lowest BCUT2D eigenvalue weighted by Gasteiger charge is -2.25. The topological polar surface area (TPSA) is 37.8 Å². The summed E-state index contributed by atoms with van der Waals surface area (Å²) in [7, 11) is 0. The monoisotopic (exact) mass is 191 g/mol. The van der Waals surface area contributed by atoms with Crippen LogP contribution in [0.1, 0.15) is 38.2 Å². The fraction of sp³-hybridized carbons (Fsp3) is 0.636. The molecule has 0 saturated heterocycles. The first-order valence-corrected chi connectivity index (χ1v) is 5.25. The smallest absolute Gasteiger partial charge is 0.149 e. The van der Waals surface area contributed by atoms with E-state index in [1.165, 1.54) is 25.7 Å². The second-order valence-corrected chi connectivity index (χ2v) is 4.51. The molecule has 14 heavy (non-hydrogen) atoms. The van der Waals surface area contributed by atoms with Crippen molar-refractivity contribution in [3.63, 3.8) is 0 Å². The molecule has 1 aliphatic rings. The third kappa shape index (κ3) is 2.03. The fourth-order valence-corrected chi connectivity index (χ4v) is 2.11. The lowest BCUT2D eigenvalue weighted by molar-refractivity contribution is 0.530. The zero-order valence-corrected chi connectivity index (χ0v) is 8.88. The first kappa shape index (κ1) is 9.44.